The van der Waals surface area contributed by atoms with E-state index in [0.717, 1.165) is 16.3 Å². The summed E-state index contributed by atoms with van der Waals surface area (Å²) in [6.45, 7) is 0.299. The van der Waals surface area contributed by atoms with Gasteiger partial charge in [0.25, 0.3) is 5.92 Å². The van der Waals surface area contributed by atoms with Crippen molar-refractivity contribution in [2.45, 2.75) is 25.2 Å². The minimum Gasteiger partial charge on any atom is -0.342 e. The molecule has 4 heteroatoms. The van der Waals surface area contributed by atoms with E-state index in [9.17, 15) is 13.6 Å². The zero-order valence-corrected chi connectivity index (χ0v) is 11.7. The van der Waals surface area contributed by atoms with Crippen LogP contribution in [0.2, 0.25) is 0 Å². The second-order valence-electron chi connectivity index (χ2n) is 5.55. The van der Waals surface area contributed by atoms with Gasteiger partial charge in [-0.25, -0.2) is 8.78 Å². The van der Waals surface area contributed by atoms with Gasteiger partial charge < -0.3 is 4.90 Å². The summed E-state index contributed by atoms with van der Waals surface area (Å²) in [7, 11) is 0. The average Bonchev–Trinajstić information content (AvgIpc) is 2.47. The second-order valence-corrected chi connectivity index (χ2v) is 5.55. The molecule has 21 heavy (non-hydrogen) atoms. The first kappa shape index (κ1) is 14.0. The first-order chi connectivity index (χ1) is 10.1. The molecule has 0 radical (unpaired) electrons. The molecule has 1 fully saturated rings. The van der Waals surface area contributed by atoms with Crippen LogP contribution in [-0.4, -0.2) is 29.8 Å². The van der Waals surface area contributed by atoms with Gasteiger partial charge in [-0.05, 0) is 16.3 Å². The van der Waals surface area contributed by atoms with Crippen LogP contribution in [-0.2, 0) is 11.2 Å². The summed E-state index contributed by atoms with van der Waals surface area (Å²) in [4.78, 5) is 13.9. The fraction of sp³-hybridized carbons (Fsp3) is 0.353. The molecular weight excluding hydrogens is 272 g/mol. The Morgan fingerprint density at radius 3 is 2.48 bits per heavy atom. The molecule has 0 unspecified atom stereocenters. The van der Waals surface area contributed by atoms with E-state index in [1.165, 1.54) is 0 Å². The van der Waals surface area contributed by atoms with Crippen LogP contribution >= 0.6 is 0 Å². The summed E-state index contributed by atoms with van der Waals surface area (Å²) < 4.78 is 26.3. The lowest BCUT2D eigenvalue weighted by molar-refractivity contribution is -0.136. The Balaban J connectivity index is 1.75. The fourth-order valence-corrected chi connectivity index (χ4v) is 2.80. The highest BCUT2D eigenvalue weighted by atomic mass is 19.3. The molecule has 2 aromatic rings. The number of carbonyl (C=O) groups is 1. The topological polar surface area (TPSA) is 20.3 Å². The van der Waals surface area contributed by atoms with Gasteiger partial charge in [0.1, 0.15) is 0 Å². The van der Waals surface area contributed by atoms with Gasteiger partial charge in [0.2, 0.25) is 5.91 Å². The third-order valence-electron chi connectivity index (χ3n) is 4.07. The van der Waals surface area contributed by atoms with Crippen molar-refractivity contribution >= 4 is 16.7 Å². The number of hydrogen-bond donors (Lipinski definition) is 0. The van der Waals surface area contributed by atoms with Crippen LogP contribution in [0.5, 0.6) is 0 Å². The third kappa shape index (κ3) is 3.04. The maximum absolute atomic E-state index is 13.1. The van der Waals surface area contributed by atoms with Crippen molar-refractivity contribution in [1.29, 1.82) is 0 Å². The second kappa shape index (κ2) is 5.43. The number of fused-ring (bicyclic) bond motifs is 1. The molecule has 0 aromatic heterocycles. The molecule has 110 valence electrons. The molecule has 0 atom stereocenters. The molecule has 1 aliphatic rings. The summed E-state index contributed by atoms with van der Waals surface area (Å²) >= 11 is 0. The van der Waals surface area contributed by atoms with Crippen LogP contribution in [0.15, 0.2) is 42.5 Å². The van der Waals surface area contributed by atoms with E-state index < -0.39 is 5.92 Å². The van der Waals surface area contributed by atoms with Gasteiger partial charge in [0.05, 0.1) is 6.42 Å². The Hall–Kier alpha value is -1.97. The summed E-state index contributed by atoms with van der Waals surface area (Å²) in [5.41, 5.74) is 0.954. The number of alkyl halides is 2. The molecule has 0 spiro atoms. The van der Waals surface area contributed by atoms with E-state index in [1.54, 1.807) is 4.90 Å². The number of halogens is 2. The molecule has 0 aliphatic carbocycles. The van der Waals surface area contributed by atoms with E-state index in [4.69, 9.17) is 0 Å². The molecule has 0 saturated carbocycles. The lowest BCUT2D eigenvalue weighted by Gasteiger charge is -2.31. The maximum Gasteiger partial charge on any atom is 0.251 e. The number of rotatable bonds is 2. The van der Waals surface area contributed by atoms with Crippen LogP contribution in [0.4, 0.5) is 8.78 Å². The molecule has 1 amide bonds. The van der Waals surface area contributed by atoms with Crippen LogP contribution in [0.25, 0.3) is 10.8 Å². The summed E-state index contributed by atoms with van der Waals surface area (Å²) in [6, 6.07) is 13.8. The van der Waals surface area contributed by atoms with Crippen molar-refractivity contribution in [3.05, 3.63) is 48.0 Å². The SMILES string of the molecule is O=C(Cc1cccc2ccccc12)N1CCC(F)(F)CC1. The minimum absolute atomic E-state index is 0.0677. The van der Waals surface area contributed by atoms with Crippen molar-refractivity contribution in [1.82, 2.24) is 4.90 Å². The van der Waals surface area contributed by atoms with Gasteiger partial charge in [0.15, 0.2) is 0 Å². The Morgan fingerprint density at radius 1 is 1.05 bits per heavy atom. The zero-order valence-electron chi connectivity index (χ0n) is 11.7. The van der Waals surface area contributed by atoms with Crippen molar-refractivity contribution in [3.63, 3.8) is 0 Å². The van der Waals surface area contributed by atoms with Crippen LogP contribution in [0.3, 0.4) is 0 Å². The number of likely N-dealkylation sites (tertiary alicyclic amines) is 1. The predicted molar refractivity (Wildman–Crippen MR) is 78.4 cm³/mol. The summed E-state index contributed by atoms with van der Waals surface area (Å²) in [5, 5.41) is 2.14. The Morgan fingerprint density at radius 2 is 1.71 bits per heavy atom. The Labute approximate surface area is 122 Å². The normalized spacial score (nSPS) is 17.9. The predicted octanol–water partition coefficient (Wildman–Crippen LogP) is 3.64. The van der Waals surface area contributed by atoms with Gasteiger partial charge in [-0.2, -0.15) is 0 Å². The van der Waals surface area contributed by atoms with Gasteiger partial charge in [-0.1, -0.05) is 42.5 Å². The van der Waals surface area contributed by atoms with Crippen LogP contribution in [0, 0.1) is 0 Å². The van der Waals surface area contributed by atoms with Crippen molar-refractivity contribution in [3.8, 4) is 0 Å². The number of nitrogens with zero attached hydrogens (tertiary/aromatic N) is 1. The molecular formula is C17H17F2NO. The van der Waals surface area contributed by atoms with Gasteiger partial charge in [-0.15, -0.1) is 0 Å². The Bertz CT molecular complexity index is 653. The third-order valence-corrected chi connectivity index (χ3v) is 4.07. The van der Waals surface area contributed by atoms with Crippen molar-refractivity contribution in [2.24, 2.45) is 0 Å². The zero-order chi connectivity index (χ0) is 14.9. The van der Waals surface area contributed by atoms with Gasteiger partial charge in [0, 0.05) is 25.9 Å². The highest BCUT2D eigenvalue weighted by Crippen LogP contribution is 2.28. The van der Waals surface area contributed by atoms with E-state index in [0.29, 0.717) is 0 Å². The summed E-state index contributed by atoms with van der Waals surface area (Å²) in [5.74, 6) is -2.68. The van der Waals surface area contributed by atoms with Crippen molar-refractivity contribution in [2.75, 3.05) is 13.1 Å². The molecule has 0 bridgehead atoms. The molecule has 3 rings (SSSR count). The van der Waals surface area contributed by atoms with E-state index in [2.05, 4.69) is 0 Å². The number of carbonyl (C=O) groups excluding carboxylic acids is 1. The Kier molecular flexibility index (Phi) is 3.62. The van der Waals surface area contributed by atoms with E-state index in [1.807, 2.05) is 42.5 Å². The first-order valence-electron chi connectivity index (χ1n) is 7.17. The van der Waals surface area contributed by atoms with E-state index >= 15 is 0 Å². The standard InChI is InChI=1S/C17H17F2NO/c18-17(19)8-10-20(11-9-17)16(21)12-14-6-3-5-13-4-1-2-7-15(13)14/h1-7H,8-12H2. The number of piperidine rings is 1. The number of hydrogen-bond acceptors (Lipinski definition) is 1. The largest absolute Gasteiger partial charge is 0.342 e. The van der Waals surface area contributed by atoms with Gasteiger partial charge >= 0.3 is 0 Å². The molecule has 2 aromatic carbocycles. The quantitative estimate of drug-likeness (QED) is 0.826. The average molecular weight is 289 g/mol. The lowest BCUT2D eigenvalue weighted by Crippen LogP contribution is -2.43. The smallest absolute Gasteiger partial charge is 0.251 e. The van der Waals surface area contributed by atoms with Crippen molar-refractivity contribution < 1.29 is 13.6 Å². The fourth-order valence-electron chi connectivity index (χ4n) is 2.80. The molecule has 0 N–H and O–H groups in total. The molecule has 1 aliphatic heterocycles. The van der Waals surface area contributed by atoms with Crippen LogP contribution < -0.4 is 0 Å². The van der Waals surface area contributed by atoms with E-state index in [-0.39, 0.29) is 38.3 Å². The van der Waals surface area contributed by atoms with Crippen LogP contribution in [0.1, 0.15) is 18.4 Å². The first-order valence-corrected chi connectivity index (χ1v) is 7.17. The monoisotopic (exact) mass is 289 g/mol. The highest BCUT2D eigenvalue weighted by Gasteiger charge is 2.35. The number of amides is 1. The molecule has 1 saturated heterocycles. The number of benzene rings is 2. The molecule has 2 nitrogen and oxygen atoms in total. The minimum atomic E-state index is -2.61. The highest BCUT2D eigenvalue weighted by molar-refractivity contribution is 5.90. The maximum atomic E-state index is 13.1. The van der Waals surface area contributed by atoms with Gasteiger partial charge in [-0.3, -0.25) is 4.79 Å². The lowest BCUT2D eigenvalue weighted by atomic mass is 10.0. The molecule has 1 heterocycles. The summed E-state index contributed by atoms with van der Waals surface area (Å²) in [6.07, 6.45) is -0.185.